The maximum atomic E-state index is 12.9. The number of pyridine rings is 1. The van der Waals surface area contributed by atoms with Crippen LogP contribution < -0.4 is 16.6 Å². The van der Waals surface area contributed by atoms with Crippen molar-refractivity contribution < 1.29 is 22.8 Å². The third kappa shape index (κ3) is 4.61. The second-order valence-corrected chi connectivity index (χ2v) is 7.10. The number of carbonyl (C=O) groups excluding carboxylic acids is 2. The molecule has 8 nitrogen and oxygen atoms in total. The lowest BCUT2D eigenvalue weighted by Crippen LogP contribution is -2.41. The molecule has 0 spiro atoms. The average molecular weight is 448 g/mol. The highest BCUT2D eigenvalue weighted by molar-refractivity contribution is 5.97. The third-order valence-corrected chi connectivity index (χ3v) is 4.75. The Labute approximate surface area is 179 Å². The first kappa shape index (κ1) is 22.9. The largest absolute Gasteiger partial charge is 0.433 e. The van der Waals surface area contributed by atoms with E-state index in [2.05, 4.69) is 10.3 Å². The summed E-state index contributed by atoms with van der Waals surface area (Å²) >= 11 is 0. The number of nitrogens with one attached hydrogen (secondary N) is 1. The molecule has 168 valence electrons. The highest BCUT2D eigenvalue weighted by Crippen LogP contribution is 2.28. The summed E-state index contributed by atoms with van der Waals surface area (Å²) in [5.74, 6) is -0.727. The molecule has 32 heavy (non-hydrogen) atoms. The molecule has 0 unspecified atom stereocenters. The number of fused-ring (bicyclic) bond motifs is 1. The monoisotopic (exact) mass is 448 g/mol. The van der Waals surface area contributed by atoms with Crippen LogP contribution in [-0.4, -0.2) is 25.8 Å². The quantitative estimate of drug-likeness (QED) is 0.584. The van der Waals surface area contributed by atoms with E-state index in [0.717, 1.165) is 10.6 Å². The van der Waals surface area contributed by atoms with Gasteiger partial charge in [0.25, 0.3) is 5.56 Å². The molecule has 2 heterocycles. The predicted octanol–water partition coefficient (Wildman–Crippen LogP) is 2.74. The van der Waals surface area contributed by atoms with Crippen molar-refractivity contribution in [3.63, 3.8) is 0 Å². The van der Waals surface area contributed by atoms with Crippen molar-refractivity contribution in [3.05, 3.63) is 68.5 Å². The van der Waals surface area contributed by atoms with E-state index in [1.54, 1.807) is 0 Å². The molecule has 0 radical (unpaired) electrons. The van der Waals surface area contributed by atoms with Crippen molar-refractivity contribution in [2.45, 2.75) is 32.5 Å². The Morgan fingerprint density at radius 1 is 1.06 bits per heavy atom. The summed E-state index contributed by atoms with van der Waals surface area (Å²) in [5, 5.41) is 2.45. The number of hydrogen-bond donors (Lipinski definition) is 1. The molecular formula is C21H19F3N4O4. The number of ketones is 1. The highest BCUT2D eigenvalue weighted by atomic mass is 19.4. The minimum atomic E-state index is -4.74. The number of Topliss-reactive ketones (excluding diaryl/α,β-unsaturated/α-hetero) is 1. The fourth-order valence-corrected chi connectivity index (χ4v) is 3.10. The van der Waals surface area contributed by atoms with Gasteiger partial charge in [0.2, 0.25) is 5.91 Å². The fraction of sp³-hybridized carbons (Fsp3) is 0.286. The van der Waals surface area contributed by atoms with Gasteiger partial charge in [-0.2, -0.15) is 13.2 Å². The van der Waals surface area contributed by atoms with Crippen LogP contribution in [0.1, 0.15) is 35.8 Å². The van der Waals surface area contributed by atoms with Crippen LogP contribution in [0.15, 0.2) is 46.0 Å². The van der Waals surface area contributed by atoms with E-state index in [4.69, 9.17) is 0 Å². The zero-order chi connectivity index (χ0) is 23.6. The minimum absolute atomic E-state index is 0.167. The van der Waals surface area contributed by atoms with Crippen LogP contribution in [0.25, 0.3) is 11.0 Å². The summed E-state index contributed by atoms with van der Waals surface area (Å²) < 4.78 is 40.2. The van der Waals surface area contributed by atoms with Gasteiger partial charge in [0.1, 0.15) is 11.3 Å². The van der Waals surface area contributed by atoms with E-state index in [1.807, 2.05) is 6.92 Å². The van der Waals surface area contributed by atoms with Gasteiger partial charge in [-0.05, 0) is 42.8 Å². The molecule has 0 bridgehead atoms. The van der Waals surface area contributed by atoms with E-state index in [9.17, 15) is 32.3 Å². The normalized spacial score (nSPS) is 11.5. The molecule has 0 aliphatic carbocycles. The molecule has 0 saturated carbocycles. The predicted molar refractivity (Wildman–Crippen MR) is 111 cm³/mol. The van der Waals surface area contributed by atoms with Gasteiger partial charge in [-0.1, -0.05) is 6.92 Å². The molecule has 2 aromatic heterocycles. The van der Waals surface area contributed by atoms with Gasteiger partial charge < -0.3 is 5.32 Å². The third-order valence-electron chi connectivity index (χ3n) is 4.75. The molecule has 0 atom stereocenters. The number of aromatic nitrogens is 3. The number of halogens is 3. The lowest BCUT2D eigenvalue weighted by atomic mass is 10.1. The highest BCUT2D eigenvalue weighted by Gasteiger charge is 2.33. The molecule has 1 N–H and O–H groups in total. The summed E-state index contributed by atoms with van der Waals surface area (Å²) in [6.07, 6.45) is -3.70. The van der Waals surface area contributed by atoms with Crippen LogP contribution in [-0.2, 0) is 24.6 Å². The molecule has 0 saturated heterocycles. The van der Waals surface area contributed by atoms with Gasteiger partial charge in [0.05, 0.1) is 11.9 Å². The maximum Gasteiger partial charge on any atom is 0.433 e. The number of nitrogens with zero attached hydrogens (tertiary/aromatic N) is 3. The number of amides is 1. The van der Waals surface area contributed by atoms with Gasteiger partial charge in [0.15, 0.2) is 5.78 Å². The molecule has 11 heteroatoms. The van der Waals surface area contributed by atoms with Crippen molar-refractivity contribution in [1.82, 2.24) is 14.1 Å². The van der Waals surface area contributed by atoms with Crippen molar-refractivity contribution in [2.75, 3.05) is 5.32 Å². The molecule has 0 aliphatic rings. The van der Waals surface area contributed by atoms with Crippen LogP contribution in [0.2, 0.25) is 0 Å². The van der Waals surface area contributed by atoms with Crippen molar-refractivity contribution in [2.24, 2.45) is 7.05 Å². The first-order chi connectivity index (χ1) is 15.0. The summed E-state index contributed by atoms with van der Waals surface area (Å²) in [7, 11) is 1.17. The van der Waals surface area contributed by atoms with Crippen molar-refractivity contribution in [3.8, 4) is 0 Å². The van der Waals surface area contributed by atoms with Crippen LogP contribution in [0.5, 0.6) is 0 Å². The zero-order valence-electron chi connectivity index (χ0n) is 17.2. The van der Waals surface area contributed by atoms with Crippen molar-refractivity contribution in [1.29, 1.82) is 0 Å². The first-order valence-electron chi connectivity index (χ1n) is 9.63. The second kappa shape index (κ2) is 8.77. The van der Waals surface area contributed by atoms with E-state index in [1.165, 1.54) is 31.3 Å². The Hall–Kier alpha value is -3.76. The molecule has 0 fully saturated rings. The van der Waals surface area contributed by atoms with E-state index < -0.39 is 41.1 Å². The van der Waals surface area contributed by atoms with Crippen LogP contribution >= 0.6 is 0 Å². The number of anilines is 1. The Morgan fingerprint density at radius 2 is 1.72 bits per heavy atom. The Balaban J connectivity index is 1.92. The smallest absolute Gasteiger partial charge is 0.326 e. The topological polar surface area (TPSA) is 103 Å². The van der Waals surface area contributed by atoms with Gasteiger partial charge in [-0.25, -0.2) is 9.78 Å². The molecule has 1 amide bonds. The Morgan fingerprint density at radius 3 is 2.31 bits per heavy atom. The Kier molecular flexibility index (Phi) is 6.28. The Bertz CT molecular complexity index is 1310. The second-order valence-electron chi connectivity index (χ2n) is 7.10. The molecule has 3 rings (SSSR count). The van der Waals surface area contributed by atoms with Crippen molar-refractivity contribution >= 4 is 28.4 Å². The minimum Gasteiger partial charge on any atom is -0.326 e. The summed E-state index contributed by atoms with van der Waals surface area (Å²) in [5.41, 5.74) is -2.86. The first-order valence-corrected chi connectivity index (χ1v) is 9.63. The van der Waals surface area contributed by atoms with E-state index >= 15 is 0 Å². The molecule has 1 aromatic carbocycles. The standard InChI is InChI=1S/C21H19F3N4O4/c1-3-4-17(30)25-13-7-5-12(6-8-13)15(29)11-28-19(31)14-9-10-16(21(22,23)24)26-18(14)27(2)20(28)32/h5-10H,3-4,11H2,1-2H3,(H,25,30). The average Bonchev–Trinajstić information content (AvgIpc) is 2.74. The number of benzene rings is 1. The van der Waals surface area contributed by atoms with Crippen LogP contribution in [0, 0.1) is 0 Å². The summed E-state index contributed by atoms with van der Waals surface area (Å²) in [4.78, 5) is 52.9. The SMILES string of the molecule is CCCC(=O)Nc1ccc(C(=O)Cn2c(=O)c3ccc(C(F)(F)F)nc3n(C)c2=O)cc1. The molecule has 0 aliphatic heterocycles. The van der Waals surface area contributed by atoms with Gasteiger partial charge in [0, 0.05) is 24.7 Å². The number of aryl methyl sites for hydroxylation is 1. The van der Waals surface area contributed by atoms with Gasteiger partial charge in [-0.15, -0.1) is 0 Å². The van der Waals surface area contributed by atoms with E-state index in [-0.39, 0.29) is 16.9 Å². The summed E-state index contributed by atoms with van der Waals surface area (Å²) in [6.45, 7) is 1.26. The number of hydrogen-bond acceptors (Lipinski definition) is 5. The molecular weight excluding hydrogens is 429 g/mol. The lowest BCUT2D eigenvalue weighted by Gasteiger charge is -2.12. The lowest BCUT2D eigenvalue weighted by molar-refractivity contribution is -0.141. The maximum absolute atomic E-state index is 12.9. The number of rotatable bonds is 6. The van der Waals surface area contributed by atoms with Crippen LogP contribution in [0.3, 0.4) is 0 Å². The van der Waals surface area contributed by atoms with Gasteiger partial charge in [-0.3, -0.25) is 23.5 Å². The zero-order valence-corrected chi connectivity index (χ0v) is 17.2. The number of carbonyl (C=O) groups is 2. The van der Waals surface area contributed by atoms with Crippen LogP contribution in [0.4, 0.5) is 18.9 Å². The number of alkyl halides is 3. The fourth-order valence-electron chi connectivity index (χ4n) is 3.10. The summed E-state index contributed by atoms with van der Waals surface area (Å²) in [6, 6.07) is 7.50. The van der Waals surface area contributed by atoms with Gasteiger partial charge >= 0.3 is 11.9 Å². The van der Waals surface area contributed by atoms with E-state index in [0.29, 0.717) is 29.2 Å². The molecule has 3 aromatic rings.